The van der Waals surface area contributed by atoms with Gasteiger partial charge in [-0.05, 0) is 39.7 Å². The second-order valence-electron chi connectivity index (χ2n) is 6.41. The highest BCUT2D eigenvalue weighted by molar-refractivity contribution is 9.10. The molecule has 0 radical (unpaired) electrons. The summed E-state index contributed by atoms with van der Waals surface area (Å²) in [5.74, 6) is 0.584. The summed E-state index contributed by atoms with van der Waals surface area (Å²) in [7, 11) is 3.07. The molecule has 0 saturated heterocycles. The molecule has 1 aliphatic rings. The Balaban J connectivity index is 2.31. The number of halogens is 1. The largest absolute Gasteiger partial charge is 0.493 e. The van der Waals surface area contributed by atoms with Crippen LogP contribution >= 0.6 is 15.9 Å². The van der Waals surface area contributed by atoms with E-state index in [4.69, 9.17) is 19.9 Å². The molecule has 8 heteroatoms. The van der Waals surface area contributed by atoms with Crippen molar-refractivity contribution in [3.63, 3.8) is 0 Å². The molecule has 3 unspecified atom stereocenters. The van der Waals surface area contributed by atoms with Crippen LogP contribution in [0.3, 0.4) is 0 Å². The van der Waals surface area contributed by atoms with E-state index in [1.807, 2.05) is 24.3 Å². The molecule has 0 saturated carbocycles. The van der Waals surface area contributed by atoms with Gasteiger partial charge in [-0.3, -0.25) is 10.5 Å². The first kappa shape index (κ1) is 20.0. The number of nitrogens with two attached hydrogens (primary N) is 1. The van der Waals surface area contributed by atoms with E-state index in [0.29, 0.717) is 27.3 Å². The monoisotopic (exact) mass is 445 g/mol. The van der Waals surface area contributed by atoms with Gasteiger partial charge in [0, 0.05) is 12.5 Å². The van der Waals surface area contributed by atoms with Crippen LogP contribution < -0.4 is 25.3 Å². The SMILES string of the molecule is COc1cc(C2c3ccccc3OC(N)C2(C#N)NC(C)=O)cc(Br)c1OC. The molecule has 2 aromatic rings. The fourth-order valence-corrected chi connectivity index (χ4v) is 4.22. The molecule has 3 rings (SSSR count). The maximum Gasteiger partial charge on any atom is 0.218 e. The number of methoxy groups -OCH3 is 2. The average Bonchev–Trinajstić information content (AvgIpc) is 2.67. The second kappa shape index (κ2) is 7.70. The summed E-state index contributed by atoms with van der Waals surface area (Å²) in [5.41, 5.74) is 6.19. The van der Waals surface area contributed by atoms with Gasteiger partial charge in [0.25, 0.3) is 0 Å². The van der Waals surface area contributed by atoms with Crippen LogP contribution in [0.5, 0.6) is 17.2 Å². The summed E-state index contributed by atoms with van der Waals surface area (Å²) in [5, 5.41) is 12.9. The number of nitrogens with one attached hydrogen (secondary N) is 1. The van der Waals surface area contributed by atoms with Crippen LogP contribution in [0.15, 0.2) is 40.9 Å². The van der Waals surface area contributed by atoms with Crippen molar-refractivity contribution in [2.24, 2.45) is 5.73 Å². The summed E-state index contributed by atoms with van der Waals surface area (Å²) >= 11 is 3.49. The van der Waals surface area contributed by atoms with Gasteiger partial charge in [0.05, 0.1) is 30.7 Å². The number of nitriles is 1. The minimum Gasteiger partial charge on any atom is -0.493 e. The number of rotatable bonds is 4. The van der Waals surface area contributed by atoms with Crippen molar-refractivity contribution in [2.45, 2.75) is 24.6 Å². The van der Waals surface area contributed by atoms with Crippen LogP contribution in [-0.2, 0) is 4.79 Å². The molecule has 1 amide bonds. The summed E-state index contributed by atoms with van der Waals surface area (Å²) < 4.78 is 17.3. The number of para-hydroxylation sites is 1. The molecule has 0 fully saturated rings. The number of nitrogens with zero attached hydrogens (tertiary/aromatic N) is 1. The van der Waals surface area contributed by atoms with Gasteiger partial charge < -0.3 is 19.5 Å². The first-order valence-corrected chi connectivity index (χ1v) is 9.29. The van der Waals surface area contributed by atoms with Crippen LogP contribution in [0.4, 0.5) is 0 Å². The fourth-order valence-electron chi connectivity index (χ4n) is 3.60. The number of hydrogen-bond acceptors (Lipinski definition) is 6. The van der Waals surface area contributed by atoms with Gasteiger partial charge >= 0.3 is 0 Å². The predicted molar refractivity (Wildman–Crippen MR) is 106 cm³/mol. The van der Waals surface area contributed by atoms with Crippen LogP contribution in [-0.4, -0.2) is 31.9 Å². The van der Waals surface area contributed by atoms with Crippen LogP contribution in [0.25, 0.3) is 0 Å². The van der Waals surface area contributed by atoms with Gasteiger partial charge in [0.2, 0.25) is 5.91 Å². The van der Waals surface area contributed by atoms with Gasteiger partial charge in [-0.25, -0.2) is 0 Å². The number of benzene rings is 2. The molecular weight excluding hydrogens is 426 g/mol. The van der Waals surface area contributed by atoms with Crippen molar-refractivity contribution < 1.29 is 19.0 Å². The van der Waals surface area contributed by atoms with E-state index in [0.717, 1.165) is 5.56 Å². The zero-order valence-corrected chi connectivity index (χ0v) is 17.2. The molecule has 0 aromatic heterocycles. The van der Waals surface area contributed by atoms with E-state index in [1.54, 1.807) is 19.2 Å². The molecule has 3 N–H and O–H groups in total. The van der Waals surface area contributed by atoms with Crippen LogP contribution in [0.1, 0.15) is 24.0 Å². The van der Waals surface area contributed by atoms with Gasteiger partial charge in [-0.1, -0.05) is 18.2 Å². The minimum absolute atomic E-state index is 0.385. The average molecular weight is 446 g/mol. The van der Waals surface area contributed by atoms with Crippen LogP contribution in [0, 0.1) is 11.3 Å². The van der Waals surface area contributed by atoms with E-state index >= 15 is 0 Å². The number of ether oxygens (including phenoxy) is 3. The third-order valence-corrected chi connectivity index (χ3v) is 5.33. The molecule has 2 aromatic carbocycles. The molecule has 146 valence electrons. The summed E-state index contributed by atoms with van der Waals surface area (Å²) in [4.78, 5) is 12.0. The number of fused-ring (bicyclic) bond motifs is 1. The van der Waals surface area contributed by atoms with Crippen molar-refractivity contribution in [1.29, 1.82) is 5.26 Å². The van der Waals surface area contributed by atoms with E-state index in [-0.39, 0.29) is 5.91 Å². The first-order valence-electron chi connectivity index (χ1n) is 8.50. The molecule has 0 bridgehead atoms. The molecule has 0 spiro atoms. The fraction of sp³-hybridized carbons (Fsp3) is 0.300. The van der Waals surface area contributed by atoms with Crippen molar-refractivity contribution in [2.75, 3.05) is 14.2 Å². The minimum atomic E-state index is -1.51. The molecule has 0 aliphatic carbocycles. The maximum absolute atomic E-state index is 12.0. The van der Waals surface area contributed by atoms with Gasteiger partial charge in [0.15, 0.2) is 23.3 Å². The Bertz CT molecular complexity index is 959. The first-order chi connectivity index (χ1) is 13.4. The van der Waals surface area contributed by atoms with Crippen LogP contribution in [0.2, 0.25) is 0 Å². The highest BCUT2D eigenvalue weighted by atomic mass is 79.9. The van der Waals surface area contributed by atoms with Crippen molar-refractivity contribution in [3.8, 4) is 23.3 Å². The second-order valence-corrected chi connectivity index (χ2v) is 7.26. The summed E-state index contributed by atoms with van der Waals surface area (Å²) in [6, 6.07) is 13.1. The smallest absolute Gasteiger partial charge is 0.218 e. The Kier molecular flexibility index (Phi) is 5.49. The van der Waals surface area contributed by atoms with Crippen molar-refractivity contribution in [1.82, 2.24) is 5.32 Å². The van der Waals surface area contributed by atoms with Gasteiger partial charge in [-0.15, -0.1) is 0 Å². The zero-order valence-electron chi connectivity index (χ0n) is 15.7. The summed E-state index contributed by atoms with van der Waals surface area (Å²) in [6.45, 7) is 1.34. The maximum atomic E-state index is 12.0. The lowest BCUT2D eigenvalue weighted by molar-refractivity contribution is -0.121. The number of carbonyl (C=O) groups excluding carboxylic acids is 1. The van der Waals surface area contributed by atoms with Gasteiger partial charge in [-0.2, -0.15) is 5.26 Å². The molecule has 1 heterocycles. The molecule has 3 atom stereocenters. The van der Waals surface area contributed by atoms with E-state index in [9.17, 15) is 10.1 Å². The van der Waals surface area contributed by atoms with Crippen molar-refractivity contribution in [3.05, 3.63) is 52.0 Å². The highest BCUT2D eigenvalue weighted by Crippen LogP contribution is 2.48. The molecular formula is C20H20BrN3O4. The van der Waals surface area contributed by atoms with Gasteiger partial charge in [0.1, 0.15) is 5.75 Å². The highest BCUT2D eigenvalue weighted by Gasteiger charge is 2.53. The number of amides is 1. The lowest BCUT2D eigenvalue weighted by atomic mass is 9.72. The Labute approximate surface area is 171 Å². The van der Waals surface area contributed by atoms with E-state index in [1.165, 1.54) is 14.0 Å². The lowest BCUT2D eigenvalue weighted by Crippen LogP contribution is -2.66. The standard InChI is InChI=1S/C20H20BrN3O4/c1-11(25)24-20(10-22)17(13-6-4-5-7-15(13)28-19(20)23)12-8-14(21)18(27-3)16(9-12)26-2/h4-9,17,19H,23H2,1-3H3,(H,24,25). The predicted octanol–water partition coefficient (Wildman–Crippen LogP) is 2.67. The third kappa shape index (κ3) is 3.17. The van der Waals surface area contributed by atoms with Crippen molar-refractivity contribution >= 4 is 21.8 Å². The Morgan fingerprint density at radius 1 is 1.32 bits per heavy atom. The molecule has 28 heavy (non-hydrogen) atoms. The Morgan fingerprint density at radius 2 is 2.04 bits per heavy atom. The Morgan fingerprint density at radius 3 is 2.64 bits per heavy atom. The summed E-state index contributed by atoms with van der Waals surface area (Å²) in [6.07, 6.45) is -1.08. The Hall–Kier alpha value is -2.76. The third-order valence-electron chi connectivity index (χ3n) is 4.75. The zero-order chi connectivity index (χ0) is 20.5. The molecule has 7 nitrogen and oxygen atoms in total. The normalized spacial score (nSPS) is 23.0. The van der Waals surface area contributed by atoms with E-state index < -0.39 is 17.7 Å². The number of hydrogen-bond donors (Lipinski definition) is 2. The quantitative estimate of drug-likeness (QED) is 0.748. The topological polar surface area (TPSA) is 107 Å². The lowest BCUT2D eigenvalue weighted by Gasteiger charge is -2.44. The molecule has 1 aliphatic heterocycles. The van der Waals surface area contributed by atoms with E-state index in [2.05, 4.69) is 27.3 Å². The number of carbonyl (C=O) groups is 1.